The molecule has 0 atom stereocenters. The van der Waals surface area contributed by atoms with Gasteiger partial charge in [-0.1, -0.05) is 30.3 Å². The van der Waals surface area contributed by atoms with Crippen LogP contribution in [0.4, 0.5) is 0 Å². The first-order valence-electron chi connectivity index (χ1n) is 7.19. The topological polar surface area (TPSA) is 54.5 Å². The van der Waals surface area contributed by atoms with Crippen LogP contribution in [0.5, 0.6) is 11.5 Å². The Hall–Kier alpha value is -2.46. The highest BCUT2D eigenvalue weighted by atomic mass is 16.5. The second-order valence-corrected chi connectivity index (χ2v) is 5.24. The van der Waals surface area contributed by atoms with E-state index in [9.17, 15) is 5.11 Å². The van der Waals surface area contributed by atoms with E-state index in [4.69, 9.17) is 9.47 Å². The summed E-state index contributed by atoms with van der Waals surface area (Å²) in [5, 5.41) is 10.2. The van der Waals surface area contributed by atoms with Crippen LogP contribution >= 0.6 is 0 Å². The second-order valence-electron chi connectivity index (χ2n) is 5.24. The van der Waals surface area contributed by atoms with Crippen molar-refractivity contribution >= 4 is 10.9 Å². The molecule has 4 heteroatoms. The van der Waals surface area contributed by atoms with Crippen molar-refractivity contribution in [3.05, 3.63) is 59.3 Å². The van der Waals surface area contributed by atoms with Gasteiger partial charge in [-0.15, -0.1) is 0 Å². The first kappa shape index (κ1) is 14.5. The molecule has 0 aliphatic heterocycles. The fraction of sp³-hybridized carbons (Fsp3) is 0.222. The molecule has 0 aliphatic carbocycles. The number of aryl methyl sites for hydroxylation is 1. The summed E-state index contributed by atoms with van der Waals surface area (Å²) in [5.41, 5.74) is 3.78. The molecule has 114 valence electrons. The SMILES string of the molecule is COc1c(C)cc2[nH]c(CO)cc2c1OCc1ccccc1. The largest absolute Gasteiger partial charge is 0.493 e. The molecule has 0 bridgehead atoms. The number of H-pyrrole nitrogens is 1. The van der Waals surface area contributed by atoms with Crippen LogP contribution in [0, 0.1) is 6.92 Å². The predicted octanol–water partition coefficient (Wildman–Crippen LogP) is 3.56. The van der Waals surface area contributed by atoms with Crippen molar-refractivity contribution in [1.29, 1.82) is 0 Å². The zero-order valence-electron chi connectivity index (χ0n) is 12.7. The minimum atomic E-state index is -0.0336. The summed E-state index contributed by atoms with van der Waals surface area (Å²) in [6.07, 6.45) is 0. The highest BCUT2D eigenvalue weighted by Gasteiger charge is 2.15. The van der Waals surface area contributed by atoms with Gasteiger partial charge in [0, 0.05) is 16.6 Å². The van der Waals surface area contributed by atoms with Crippen molar-refractivity contribution in [1.82, 2.24) is 4.98 Å². The summed E-state index contributed by atoms with van der Waals surface area (Å²) in [4.78, 5) is 3.19. The maximum Gasteiger partial charge on any atom is 0.171 e. The molecule has 3 rings (SSSR count). The van der Waals surface area contributed by atoms with E-state index >= 15 is 0 Å². The molecule has 0 spiro atoms. The molecule has 0 fully saturated rings. The lowest BCUT2D eigenvalue weighted by atomic mass is 10.1. The van der Waals surface area contributed by atoms with E-state index < -0.39 is 0 Å². The highest BCUT2D eigenvalue weighted by Crippen LogP contribution is 2.39. The van der Waals surface area contributed by atoms with Crippen LogP contribution in [-0.2, 0) is 13.2 Å². The Balaban J connectivity index is 2.03. The lowest BCUT2D eigenvalue weighted by Gasteiger charge is -2.14. The van der Waals surface area contributed by atoms with Gasteiger partial charge in [0.25, 0.3) is 0 Å². The van der Waals surface area contributed by atoms with Gasteiger partial charge >= 0.3 is 0 Å². The van der Waals surface area contributed by atoms with E-state index in [1.54, 1.807) is 7.11 Å². The van der Waals surface area contributed by atoms with E-state index in [1.807, 2.05) is 49.4 Å². The number of aliphatic hydroxyl groups excluding tert-OH is 1. The number of aliphatic hydroxyl groups is 1. The third kappa shape index (κ3) is 2.65. The minimum absolute atomic E-state index is 0.0336. The number of benzene rings is 2. The van der Waals surface area contributed by atoms with E-state index in [1.165, 1.54) is 0 Å². The van der Waals surface area contributed by atoms with Gasteiger partial charge in [0.2, 0.25) is 0 Å². The average Bonchev–Trinajstić information content (AvgIpc) is 2.96. The molecule has 0 unspecified atom stereocenters. The number of aromatic amines is 1. The molecule has 0 saturated carbocycles. The summed E-state index contributed by atoms with van der Waals surface area (Å²) < 4.78 is 11.6. The number of fused-ring (bicyclic) bond motifs is 1. The Kier molecular flexibility index (Phi) is 4.02. The number of hydrogen-bond acceptors (Lipinski definition) is 3. The first-order chi connectivity index (χ1) is 10.7. The van der Waals surface area contributed by atoms with Gasteiger partial charge in [-0.25, -0.2) is 0 Å². The zero-order valence-corrected chi connectivity index (χ0v) is 12.7. The molecule has 0 aliphatic rings. The van der Waals surface area contributed by atoms with Crippen molar-refractivity contribution in [2.75, 3.05) is 7.11 Å². The molecule has 1 aromatic heterocycles. The Bertz CT molecular complexity index is 778. The summed E-state index contributed by atoms with van der Waals surface area (Å²) in [5.74, 6) is 1.43. The molecule has 0 saturated heterocycles. The quantitative estimate of drug-likeness (QED) is 0.757. The summed E-state index contributed by atoms with van der Waals surface area (Å²) in [7, 11) is 1.64. The lowest BCUT2D eigenvalue weighted by Crippen LogP contribution is -1.99. The fourth-order valence-corrected chi connectivity index (χ4v) is 2.63. The molecular weight excluding hydrogens is 278 g/mol. The van der Waals surface area contributed by atoms with Crippen molar-refractivity contribution in [2.24, 2.45) is 0 Å². The van der Waals surface area contributed by atoms with Gasteiger partial charge in [0.1, 0.15) is 6.61 Å². The Labute approximate surface area is 129 Å². The Morgan fingerprint density at radius 3 is 2.55 bits per heavy atom. The smallest absolute Gasteiger partial charge is 0.171 e. The molecule has 2 N–H and O–H groups in total. The van der Waals surface area contributed by atoms with Crippen LogP contribution in [0.15, 0.2) is 42.5 Å². The number of nitrogens with one attached hydrogen (secondary N) is 1. The fourth-order valence-electron chi connectivity index (χ4n) is 2.63. The highest BCUT2D eigenvalue weighted by molar-refractivity contribution is 5.90. The predicted molar refractivity (Wildman–Crippen MR) is 86.3 cm³/mol. The standard InChI is InChI=1S/C18H19NO3/c1-12-8-16-15(9-14(10-20)19-16)18(17(12)21-2)22-11-13-6-4-3-5-7-13/h3-9,19-20H,10-11H2,1-2H3. The van der Waals surface area contributed by atoms with Crippen LogP contribution < -0.4 is 9.47 Å². The third-order valence-electron chi connectivity index (χ3n) is 3.67. The number of methoxy groups -OCH3 is 1. The number of ether oxygens (including phenoxy) is 2. The van der Waals surface area contributed by atoms with Crippen molar-refractivity contribution in [3.63, 3.8) is 0 Å². The second kappa shape index (κ2) is 6.12. The monoisotopic (exact) mass is 297 g/mol. The molecule has 3 aromatic rings. The zero-order chi connectivity index (χ0) is 15.5. The molecular formula is C18H19NO3. The third-order valence-corrected chi connectivity index (χ3v) is 3.67. The molecule has 0 amide bonds. The van der Waals surface area contributed by atoms with Gasteiger partial charge in [-0.2, -0.15) is 0 Å². The molecule has 2 aromatic carbocycles. The van der Waals surface area contributed by atoms with Crippen molar-refractivity contribution < 1.29 is 14.6 Å². The number of hydrogen-bond donors (Lipinski definition) is 2. The van der Waals surface area contributed by atoms with Crippen LogP contribution in [0.3, 0.4) is 0 Å². The van der Waals surface area contributed by atoms with Crippen molar-refractivity contribution in [3.8, 4) is 11.5 Å². The molecule has 4 nitrogen and oxygen atoms in total. The van der Waals surface area contributed by atoms with Gasteiger partial charge < -0.3 is 19.6 Å². The first-order valence-corrected chi connectivity index (χ1v) is 7.19. The summed E-state index contributed by atoms with van der Waals surface area (Å²) in [6.45, 7) is 2.41. The van der Waals surface area contributed by atoms with E-state index in [-0.39, 0.29) is 6.61 Å². The number of aromatic nitrogens is 1. The van der Waals surface area contributed by atoms with Gasteiger partial charge in [-0.05, 0) is 30.2 Å². The maximum absolute atomic E-state index is 9.33. The molecule has 1 heterocycles. The molecule has 0 radical (unpaired) electrons. The van der Waals surface area contributed by atoms with Gasteiger partial charge in [-0.3, -0.25) is 0 Å². The lowest BCUT2D eigenvalue weighted by molar-refractivity contribution is 0.277. The van der Waals surface area contributed by atoms with Crippen LogP contribution in [0.1, 0.15) is 16.8 Å². The van der Waals surface area contributed by atoms with E-state index in [0.29, 0.717) is 12.4 Å². The molecule has 22 heavy (non-hydrogen) atoms. The van der Waals surface area contributed by atoms with E-state index in [0.717, 1.165) is 33.5 Å². The minimum Gasteiger partial charge on any atom is -0.493 e. The Morgan fingerprint density at radius 2 is 1.86 bits per heavy atom. The summed E-state index contributed by atoms with van der Waals surface area (Å²) in [6, 6.07) is 13.9. The maximum atomic E-state index is 9.33. The van der Waals surface area contributed by atoms with Crippen molar-refractivity contribution in [2.45, 2.75) is 20.1 Å². The van der Waals surface area contributed by atoms with Crippen LogP contribution in [0.25, 0.3) is 10.9 Å². The summed E-state index contributed by atoms with van der Waals surface area (Å²) >= 11 is 0. The van der Waals surface area contributed by atoms with E-state index in [2.05, 4.69) is 4.98 Å². The van der Waals surface area contributed by atoms with Gasteiger partial charge in [0.15, 0.2) is 11.5 Å². The van der Waals surface area contributed by atoms with Crippen LogP contribution in [-0.4, -0.2) is 17.2 Å². The Morgan fingerprint density at radius 1 is 1.09 bits per heavy atom. The normalized spacial score (nSPS) is 10.9. The number of rotatable bonds is 5. The van der Waals surface area contributed by atoms with Crippen LogP contribution in [0.2, 0.25) is 0 Å². The average molecular weight is 297 g/mol. The van der Waals surface area contributed by atoms with Gasteiger partial charge in [0.05, 0.1) is 13.7 Å².